The number of hydrogen-bond donors (Lipinski definition) is 1. The molecule has 0 aromatic heterocycles. The van der Waals surface area contributed by atoms with Gasteiger partial charge in [0.15, 0.2) is 0 Å². The molecule has 2 fully saturated rings. The van der Waals surface area contributed by atoms with Crippen molar-refractivity contribution in [2.45, 2.75) is 31.7 Å². The molecule has 0 unspecified atom stereocenters. The first kappa shape index (κ1) is 16.8. The highest BCUT2D eigenvalue weighted by Crippen LogP contribution is 2.29. The Labute approximate surface area is 151 Å². The summed E-state index contributed by atoms with van der Waals surface area (Å²) in [6, 6.07) is 6.72. The second kappa shape index (κ2) is 6.55. The van der Waals surface area contributed by atoms with Crippen molar-refractivity contribution in [3.05, 3.63) is 35.4 Å². The Morgan fingerprint density at radius 2 is 1.54 bits per heavy atom. The van der Waals surface area contributed by atoms with Crippen LogP contribution in [0.3, 0.4) is 0 Å². The van der Waals surface area contributed by atoms with Crippen LogP contribution >= 0.6 is 0 Å². The number of rotatable bonds is 4. The van der Waals surface area contributed by atoms with Crippen molar-refractivity contribution in [1.29, 1.82) is 0 Å². The number of imide groups is 1. The first-order chi connectivity index (χ1) is 12.5. The van der Waals surface area contributed by atoms with Crippen molar-refractivity contribution in [2.24, 2.45) is 5.92 Å². The van der Waals surface area contributed by atoms with Crippen LogP contribution in [0.2, 0.25) is 0 Å². The van der Waals surface area contributed by atoms with Gasteiger partial charge in [0.25, 0.3) is 11.8 Å². The molecule has 4 rings (SSSR count). The standard InChI is InChI=1S/C19H21N3O4/c23-16(11-22-18(25)14-3-1-2-4-15(14)19(22)26)21-9-7-13(8-10-21)20-17(24)12-5-6-12/h1-4,12-13H,5-11H2,(H,20,24). The quantitative estimate of drug-likeness (QED) is 0.810. The van der Waals surface area contributed by atoms with E-state index in [0.29, 0.717) is 37.1 Å². The summed E-state index contributed by atoms with van der Waals surface area (Å²) >= 11 is 0. The van der Waals surface area contributed by atoms with Gasteiger partial charge in [-0.15, -0.1) is 0 Å². The highest BCUT2D eigenvalue weighted by molar-refractivity contribution is 6.22. The Bertz CT molecular complexity index is 744. The van der Waals surface area contributed by atoms with Gasteiger partial charge in [-0.2, -0.15) is 0 Å². The van der Waals surface area contributed by atoms with E-state index in [1.54, 1.807) is 29.2 Å². The Morgan fingerprint density at radius 1 is 0.962 bits per heavy atom. The maximum atomic E-state index is 12.5. The third kappa shape index (κ3) is 3.09. The van der Waals surface area contributed by atoms with E-state index in [2.05, 4.69) is 5.32 Å². The van der Waals surface area contributed by atoms with Crippen LogP contribution in [-0.4, -0.2) is 59.1 Å². The lowest BCUT2D eigenvalue weighted by atomic mass is 10.0. The Hall–Kier alpha value is -2.70. The Morgan fingerprint density at radius 3 is 2.08 bits per heavy atom. The molecule has 4 amide bonds. The number of hydrogen-bond acceptors (Lipinski definition) is 4. The van der Waals surface area contributed by atoms with Crippen LogP contribution in [0.5, 0.6) is 0 Å². The van der Waals surface area contributed by atoms with E-state index in [0.717, 1.165) is 17.7 Å². The molecule has 2 heterocycles. The molecule has 1 aromatic carbocycles. The fourth-order valence-electron chi connectivity index (χ4n) is 3.56. The molecule has 0 atom stereocenters. The molecule has 7 nitrogen and oxygen atoms in total. The van der Waals surface area contributed by atoms with Gasteiger partial charge in [0.05, 0.1) is 11.1 Å². The predicted octanol–water partition coefficient (Wildman–Crippen LogP) is 0.800. The second-order valence-corrected chi connectivity index (χ2v) is 7.18. The van der Waals surface area contributed by atoms with Gasteiger partial charge in [0.1, 0.15) is 6.54 Å². The van der Waals surface area contributed by atoms with E-state index in [9.17, 15) is 19.2 Å². The molecule has 0 bridgehead atoms. The first-order valence-electron chi connectivity index (χ1n) is 9.08. The number of fused-ring (bicyclic) bond motifs is 1. The lowest BCUT2D eigenvalue weighted by Gasteiger charge is -2.33. The third-order valence-corrected chi connectivity index (χ3v) is 5.31. The molecule has 1 N–H and O–H groups in total. The lowest BCUT2D eigenvalue weighted by molar-refractivity contribution is -0.132. The van der Waals surface area contributed by atoms with Crippen LogP contribution in [-0.2, 0) is 9.59 Å². The molecule has 2 aliphatic heterocycles. The van der Waals surface area contributed by atoms with Gasteiger partial charge < -0.3 is 10.2 Å². The minimum absolute atomic E-state index is 0.103. The number of benzene rings is 1. The number of carbonyl (C=O) groups is 4. The average Bonchev–Trinajstić information content (AvgIpc) is 3.47. The van der Waals surface area contributed by atoms with Crippen LogP contribution < -0.4 is 5.32 Å². The summed E-state index contributed by atoms with van der Waals surface area (Å²) in [6.07, 6.45) is 3.35. The van der Waals surface area contributed by atoms with Gasteiger partial charge in [-0.25, -0.2) is 0 Å². The number of piperidine rings is 1. The van der Waals surface area contributed by atoms with Crippen LogP contribution in [0.25, 0.3) is 0 Å². The second-order valence-electron chi connectivity index (χ2n) is 7.18. The summed E-state index contributed by atoms with van der Waals surface area (Å²) in [7, 11) is 0. The molecule has 3 aliphatic rings. The van der Waals surface area contributed by atoms with Crippen LogP contribution in [0.15, 0.2) is 24.3 Å². The summed E-state index contributed by atoms with van der Waals surface area (Å²) in [5.41, 5.74) is 0.707. The van der Waals surface area contributed by atoms with E-state index < -0.39 is 11.8 Å². The van der Waals surface area contributed by atoms with Crippen LogP contribution in [0, 0.1) is 5.92 Å². The molecular formula is C19H21N3O4. The summed E-state index contributed by atoms with van der Waals surface area (Å²) in [4.78, 5) is 51.8. The molecule has 1 aromatic rings. The van der Waals surface area contributed by atoms with Gasteiger partial charge in [-0.05, 0) is 37.8 Å². The van der Waals surface area contributed by atoms with E-state index in [1.807, 2.05) is 0 Å². The maximum Gasteiger partial charge on any atom is 0.262 e. The summed E-state index contributed by atoms with van der Waals surface area (Å²) in [6.45, 7) is 0.820. The number of nitrogens with zero attached hydrogens (tertiary/aromatic N) is 2. The SMILES string of the molecule is O=C(NC1CCN(C(=O)CN2C(=O)c3ccccc3C2=O)CC1)C1CC1. The highest BCUT2D eigenvalue weighted by atomic mass is 16.2. The van der Waals surface area contributed by atoms with E-state index >= 15 is 0 Å². The molecule has 1 aliphatic carbocycles. The molecule has 136 valence electrons. The molecular weight excluding hydrogens is 334 g/mol. The minimum Gasteiger partial charge on any atom is -0.353 e. The lowest BCUT2D eigenvalue weighted by Crippen LogP contribution is -2.49. The highest BCUT2D eigenvalue weighted by Gasteiger charge is 2.38. The van der Waals surface area contributed by atoms with Gasteiger partial charge in [-0.1, -0.05) is 12.1 Å². The predicted molar refractivity (Wildman–Crippen MR) is 92.3 cm³/mol. The van der Waals surface area contributed by atoms with E-state index in [1.165, 1.54) is 0 Å². The number of amides is 4. The molecule has 1 saturated carbocycles. The van der Waals surface area contributed by atoms with Crippen molar-refractivity contribution in [3.63, 3.8) is 0 Å². The molecule has 26 heavy (non-hydrogen) atoms. The van der Waals surface area contributed by atoms with Gasteiger partial charge >= 0.3 is 0 Å². The van der Waals surface area contributed by atoms with Crippen molar-refractivity contribution in [3.8, 4) is 0 Å². The molecule has 1 saturated heterocycles. The van der Waals surface area contributed by atoms with Crippen molar-refractivity contribution >= 4 is 23.6 Å². The van der Waals surface area contributed by atoms with Crippen molar-refractivity contribution in [2.75, 3.05) is 19.6 Å². The summed E-state index contributed by atoms with van der Waals surface area (Å²) in [5.74, 6) is -0.744. The largest absolute Gasteiger partial charge is 0.353 e. The Balaban J connectivity index is 1.31. The van der Waals surface area contributed by atoms with Gasteiger partial charge in [-0.3, -0.25) is 24.1 Å². The number of nitrogens with one attached hydrogen (secondary N) is 1. The van der Waals surface area contributed by atoms with Gasteiger partial charge in [0, 0.05) is 25.0 Å². The topological polar surface area (TPSA) is 86.8 Å². The Kier molecular flexibility index (Phi) is 4.22. The minimum atomic E-state index is -0.412. The molecule has 0 radical (unpaired) electrons. The fourth-order valence-corrected chi connectivity index (χ4v) is 3.56. The monoisotopic (exact) mass is 355 g/mol. The zero-order valence-corrected chi connectivity index (χ0v) is 14.4. The van der Waals surface area contributed by atoms with Crippen LogP contribution in [0.4, 0.5) is 0 Å². The third-order valence-electron chi connectivity index (χ3n) is 5.31. The maximum absolute atomic E-state index is 12.5. The normalized spacial score (nSPS) is 20.3. The molecule has 7 heteroatoms. The number of carbonyl (C=O) groups excluding carboxylic acids is 4. The fraction of sp³-hybridized carbons (Fsp3) is 0.474. The van der Waals surface area contributed by atoms with Crippen molar-refractivity contribution in [1.82, 2.24) is 15.1 Å². The summed E-state index contributed by atoms with van der Waals surface area (Å²) in [5, 5.41) is 3.04. The molecule has 0 spiro atoms. The zero-order valence-electron chi connectivity index (χ0n) is 14.4. The summed E-state index contributed by atoms with van der Waals surface area (Å²) < 4.78 is 0. The van der Waals surface area contributed by atoms with E-state index in [4.69, 9.17) is 0 Å². The number of likely N-dealkylation sites (tertiary alicyclic amines) is 1. The smallest absolute Gasteiger partial charge is 0.262 e. The van der Waals surface area contributed by atoms with Crippen molar-refractivity contribution < 1.29 is 19.2 Å². The van der Waals surface area contributed by atoms with Crippen LogP contribution in [0.1, 0.15) is 46.4 Å². The zero-order chi connectivity index (χ0) is 18.3. The van der Waals surface area contributed by atoms with E-state index in [-0.39, 0.29) is 30.3 Å². The van der Waals surface area contributed by atoms with Gasteiger partial charge in [0.2, 0.25) is 11.8 Å². The average molecular weight is 355 g/mol. The first-order valence-corrected chi connectivity index (χ1v) is 9.08.